The van der Waals surface area contributed by atoms with E-state index in [0.717, 1.165) is 32.1 Å². The molecule has 0 aromatic heterocycles. The van der Waals surface area contributed by atoms with Gasteiger partial charge in [-0.1, -0.05) is 31.4 Å². The third kappa shape index (κ3) is 3.35. The van der Waals surface area contributed by atoms with Crippen molar-refractivity contribution in [1.82, 2.24) is 5.32 Å². The third-order valence-electron chi connectivity index (χ3n) is 4.53. The average molecular weight is 251 g/mol. The number of aliphatic hydroxyl groups excluding tert-OH is 1. The highest BCUT2D eigenvalue weighted by molar-refractivity contribution is 5.79. The van der Waals surface area contributed by atoms with Crippen LogP contribution in [0.4, 0.5) is 0 Å². The van der Waals surface area contributed by atoms with Crippen LogP contribution in [-0.2, 0) is 4.79 Å². The zero-order chi connectivity index (χ0) is 12.8. The van der Waals surface area contributed by atoms with Crippen LogP contribution in [0.2, 0.25) is 0 Å². The van der Waals surface area contributed by atoms with Gasteiger partial charge in [-0.2, -0.15) is 0 Å². The minimum atomic E-state index is -0.0432. The van der Waals surface area contributed by atoms with Crippen LogP contribution in [-0.4, -0.2) is 24.2 Å². The molecule has 0 saturated heterocycles. The van der Waals surface area contributed by atoms with Gasteiger partial charge in [-0.3, -0.25) is 4.79 Å². The SMILES string of the molecule is O=C(NCC1(CO)CCCCC1)C1CC=CCC1. The van der Waals surface area contributed by atoms with E-state index in [0.29, 0.717) is 6.54 Å². The highest BCUT2D eigenvalue weighted by Crippen LogP contribution is 2.35. The second-order valence-corrected chi connectivity index (χ2v) is 5.92. The number of rotatable bonds is 4. The van der Waals surface area contributed by atoms with Gasteiger partial charge in [0.1, 0.15) is 0 Å². The van der Waals surface area contributed by atoms with Gasteiger partial charge in [0.25, 0.3) is 0 Å². The fourth-order valence-corrected chi connectivity index (χ4v) is 3.14. The summed E-state index contributed by atoms with van der Waals surface area (Å²) in [5.74, 6) is 0.326. The van der Waals surface area contributed by atoms with Crippen molar-refractivity contribution in [2.45, 2.75) is 51.4 Å². The van der Waals surface area contributed by atoms with E-state index in [4.69, 9.17) is 0 Å². The maximum absolute atomic E-state index is 12.1. The molecule has 1 saturated carbocycles. The van der Waals surface area contributed by atoms with E-state index in [-0.39, 0.29) is 23.8 Å². The van der Waals surface area contributed by atoms with Crippen molar-refractivity contribution in [1.29, 1.82) is 0 Å². The lowest BCUT2D eigenvalue weighted by Gasteiger charge is -2.36. The van der Waals surface area contributed by atoms with Crippen molar-refractivity contribution >= 4 is 5.91 Å². The highest BCUT2D eigenvalue weighted by Gasteiger charge is 2.32. The smallest absolute Gasteiger partial charge is 0.223 e. The molecular weight excluding hydrogens is 226 g/mol. The summed E-state index contributed by atoms with van der Waals surface area (Å²) >= 11 is 0. The molecule has 0 radical (unpaired) electrons. The van der Waals surface area contributed by atoms with Crippen molar-refractivity contribution in [2.24, 2.45) is 11.3 Å². The summed E-state index contributed by atoms with van der Waals surface area (Å²) in [7, 11) is 0. The molecule has 0 spiro atoms. The van der Waals surface area contributed by atoms with Crippen LogP contribution in [0.3, 0.4) is 0 Å². The van der Waals surface area contributed by atoms with Gasteiger partial charge in [0.15, 0.2) is 0 Å². The summed E-state index contributed by atoms with van der Waals surface area (Å²) < 4.78 is 0. The molecule has 0 heterocycles. The highest BCUT2D eigenvalue weighted by atomic mass is 16.3. The number of carbonyl (C=O) groups excluding carboxylic acids is 1. The molecule has 102 valence electrons. The van der Waals surface area contributed by atoms with Crippen molar-refractivity contribution in [2.75, 3.05) is 13.2 Å². The third-order valence-corrected chi connectivity index (χ3v) is 4.53. The summed E-state index contributed by atoms with van der Waals surface area (Å²) in [6, 6.07) is 0. The first kappa shape index (κ1) is 13.6. The largest absolute Gasteiger partial charge is 0.396 e. The molecule has 3 heteroatoms. The predicted molar refractivity (Wildman–Crippen MR) is 72.1 cm³/mol. The fourth-order valence-electron chi connectivity index (χ4n) is 3.14. The number of nitrogens with one attached hydrogen (secondary N) is 1. The Morgan fingerprint density at radius 1 is 1.28 bits per heavy atom. The summed E-state index contributed by atoms with van der Waals surface area (Å²) in [6.45, 7) is 0.862. The first-order valence-electron chi connectivity index (χ1n) is 7.29. The molecule has 1 amide bonds. The molecule has 0 aromatic rings. The standard InChI is InChI=1S/C15H25NO2/c17-12-15(9-5-2-6-10-15)11-16-14(18)13-7-3-1-4-8-13/h1,3,13,17H,2,4-12H2,(H,16,18). The van der Waals surface area contributed by atoms with Crippen LogP contribution >= 0.6 is 0 Å². The molecule has 0 aromatic carbocycles. The molecular formula is C15H25NO2. The molecule has 18 heavy (non-hydrogen) atoms. The summed E-state index contributed by atoms with van der Waals surface area (Å²) in [5.41, 5.74) is -0.0432. The zero-order valence-corrected chi connectivity index (χ0v) is 11.2. The molecule has 0 aliphatic heterocycles. The lowest BCUT2D eigenvalue weighted by molar-refractivity contribution is -0.126. The fraction of sp³-hybridized carbons (Fsp3) is 0.800. The van der Waals surface area contributed by atoms with Crippen molar-refractivity contribution in [3.63, 3.8) is 0 Å². The molecule has 1 unspecified atom stereocenters. The van der Waals surface area contributed by atoms with Gasteiger partial charge in [0.2, 0.25) is 5.91 Å². The van der Waals surface area contributed by atoms with Gasteiger partial charge in [-0.05, 0) is 32.1 Å². The average Bonchev–Trinajstić information content (AvgIpc) is 2.47. The normalized spacial score (nSPS) is 26.8. The topological polar surface area (TPSA) is 49.3 Å². The van der Waals surface area contributed by atoms with Gasteiger partial charge in [0.05, 0.1) is 6.61 Å². The maximum Gasteiger partial charge on any atom is 0.223 e. The lowest BCUT2D eigenvalue weighted by Crippen LogP contribution is -2.43. The number of allylic oxidation sites excluding steroid dienone is 2. The van der Waals surface area contributed by atoms with Crippen LogP contribution < -0.4 is 5.32 Å². The predicted octanol–water partition coefficient (Wildman–Crippen LogP) is 2.40. The second kappa shape index (κ2) is 6.37. The van der Waals surface area contributed by atoms with E-state index < -0.39 is 0 Å². The number of carbonyl (C=O) groups is 1. The molecule has 1 fully saturated rings. The van der Waals surface area contributed by atoms with Gasteiger partial charge < -0.3 is 10.4 Å². The number of aliphatic hydroxyl groups is 1. The van der Waals surface area contributed by atoms with Gasteiger partial charge in [-0.15, -0.1) is 0 Å². The molecule has 2 N–H and O–H groups in total. The summed E-state index contributed by atoms with van der Waals surface area (Å²) in [5, 5.41) is 12.7. The van der Waals surface area contributed by atoms with Crippen molar-refractivity contribution in [3.8, 4) is 0 Å². The van der Waals surface area contributed by atoms with Gasteiger partial charge >= 0.3 is 0 Å². The molecule has 2 aliphatic rings. The monoisotopic (exact) mass is 251 g/mol. The maximum atomic E-state index is 12.1. The second-order valence-electron chi connectivity index (χ2n) is 5.92. The van der Waals surface area contributed by atoms with Crippen molar-refractivity contribution < 1.29 is 9.90 Å². The first-order chi connectivity index (χ1) is 8.76. The van der Waals surface area contributed by atoms with Crippen molar-refractivity contribution in [3.05, 3.63) is 12.2 Å². The number of hydrogen-bond acceptors (Lipinski definition) is 2. The van der Waals surface area contributed by atoms with Crippen LogP contribution in [0.5, 0.6) is 0 Å². The van der Waals surface area contributed by atoms with Crippen LogP contribution in [0.25, 0.3) is 0 Å². The van der Waals surface area contributed by atoms with Gasteiger partial charge in [0, 0.05) is 17.9 Å². The Hall–Kier alpha value is -0.830. The molecule has 2 rings (SSSR count). The van der Waals surface area contributed by atoms with Crippen LogP contribution in [0.1, 0.15) is 51.4 Å². The minimum absolute atomic E-state index is 0.0432. The quantitative estimate of drug-likeness (QED) is 0.754. The summed E-state index contributed by atoms with van der Waals surface area (Å²) in [6.07, 6.45) is 12.9. The van der Waals surface area contributed by atoms with E-state index in [2.05, 4.69) is 17.5 Å². The minimum Gasteiger partial charge on any atom is -0.396 e. The van der Waals surface area contributed by atoms with E-state index in [1.807, 2.05) is 0 Å². The molecule has 3 nitrogen and oxygen atoms in total. The first-order valence-corrected chi connectivity index (χ1v) is 7.29. The lowest BCUT2D eigenvalue weighted by atomic mass is 9.74. The van der Waals surface area contributed by atoms with E-state index in [9.17, 15) is 9.90 Å². The van der Waals surface area contributed by atoms with E-state index >= 15 is 0 Å². The Labute approximate surface area is 110 Å². The molecule has 1 atom stereocenters. The Morgan fingerprint density at radius 3 is 2.67 bits per heavy atom. The van der Waals surface area contributed by atoms with Crippen LogP contribution in [0.15, 0.2) is 12.2 Å². The molecule has 2 aliphatic carbocycles. The van der Waals surface area contributed by atoms with Crippen LogP contribution in [0, 0.1) is 11.3 Å². The number of hydrogen-bond donors (Lipinski definition) is 2. The Balaban J connectivity index is 1.81. The van der Waals surface area contributed by atoms with E-state index in [1.54, 1.807) is 0 Å². The van der Waals surface area contributed by atoms with Gasteiger partial charge in [-0.25, -0.2) is 0 Å². The number of amides is 1. The Morgan fingerprint density at radius 2 is 2.06 bits per heavy atom. The Bertz CT molecular complexity index is 306. The van der Waals surface area contributed by atoms with E-state index in [1.165, 1.54) is 19.3 Å². The zero-order valence-electron chi connectivity index (χ0n) is 11.2. The summed E-state index contributed by atoms with van der Waals surface area (Å²) in [4.78, 5) is 12.1. The molecule has 0 bridgehead atoms. The Kier molecular flexibility index (Phi) is 4.81.